The quantitative estimate of drug-likeness (QED) is 0.404. The first-order valence-corrected chi connectivity index (χ1v) is 14.4. The zero-order valence-corrected chi connectivity index (χ0v) is 20.9. The van der Waals surface area contributed by atoms with Crippen LogP contribution in [0.15, 0.2) is 0 Å². The SMILES string of the molecule is CPCN(C)C[C@@H]1OC(C)(C(C)(C)C)O[C@H]1C[N+](C)(CPC)CPC. The van der Waals surface area contributed by atoms with Crippen molar-refractivity contribution in [2.45, 2.75) is 45.7 Å². The lowest BCUT2D eigenvalue weighted by molar-refractivity contribution is -0.889. The lowest BCUT2D eigenvalue weighted by atomic mass is 9.87. The van der Waals surface area contributed by atoms with Crippen LogP contribution in [0.4, 0.5) is 0 Å². The van der Waals surface area contributed by atoms with Gasteiger partial charge in [-0.15, -0.1) is 8.58 Å². The molecular weight excluding hydrogens is 369 g/mol. The van der Waals surface area contributed by atoms with Crippen molar-refractivity contribution in [2.75, 3.05) is 66.0 Å². The third-order valence-corrected chi connectivity index (χ3v) is 8.17. The molecule has 1 aliphatic rings. The zero-order valence-electron chi connectivity index (χ0n) is 17.9. The molecule has 0 aromatic rings. The highest BCUT2D eigenvalue weighted by molar-refractivity contribution is 7.37. The minimum atomic E-state index is -0.508. The molecular formula is C18H42N2O2P3+. The largest absolute Gasteiger partial charge is 0.342 e. The fourth-order valence-electron chi connectivity index (χ4n) is 3.45. The maximum absolute atomic E-state index is 6.64. The summed E-state index contributed by atoms with van der Waals surface area (Å²) in [7, 11) is 7.50. The monoisotopic (exact) mass is 411 g/mol. The summed E-state index contributed by atoms with van der Waals surface area (Å²) in [6.45, 7) is 17.7. The van der Waals surface area contributed by atoms with Crippen LogP contribution in [0.3, 0.4) is 0 Å². The average Bonchev–Trinajstić information content (AvgIpc) is 2.76. The van der Waals surface area contributed by atoms with E-state index in [2.05, 4.69) is 66.7 Å². The molecule has 0 aromatic carbocycles. The molecule has 0 radical (unpaired) electrons. The van der Waals surface area contributed by atoms with Gasteiger partial charge in [-0.05, 0) is 34.0 Å². The number of ether oxygens (including phenoxy) is 2. The Bertz CT molecular complexity index is 400. The number of nitrogens with zero attached hydrogens (tertiary/aromatic N) is 2. The summed E-state index contributed by atoms with van der Waals surface area (Å²) >= 11 is 0. The molecule has 1 heterocycles. The van der Waals surface area contributed by atoms with Crippen LogP contribution < -0.4 is 0 Å². The molecule has 1 aliphatic heterocycles. The van der Waals surface area contributed by atoms with Gasteiger partial charge >= 0.3 is 0 Å². The number of likely N-dealkylation sites (N-methyl/N-ethyl adjacent to an activating group) is 2. The topological polar surface area (TPSA) is 21.7 Å². The molecule has 4 unspecified atom stereocenters. The number of hydrogen-bond acceptors (Lipinski definition) is 3. The number of hydrogen-bond donors (Lipinski definition) is 0. The first-order chi connectivity index (χ1) is 11.5. The normalized spacial score (nSPS) is 31.4. The molecule has 0 bridgehead atoms. The maximum Gasteiger partial charge on any atom is 0.171 e. The molecule has 1 rings (SSSR count). The molecule has 6 atom stereocenters. The van der Waals surface area contributed by atoms with E-state index in [9.17, 15) is 0 Å². The Morgan fingerprint density at radius 3 is 1.96 bits per heavy atom. The van der Waals surface area contributed by atoms with Crippen molar-refractivity contribution < 1.29 is 14.0 Å². The summed E-state index contributed by atoms with van der Waals surface area (Å²) in [5.74, 6) is -0.508. The van der Waals surface area contributed by atoms with E-state index in [1.54, 1.807) is 0 Å². The molecule has 4 nitrogen and oxygen atoms in total. The molecule has 0 spiro atoms. The van der Waals surface area contributed by atoms with Crippen LogP contribution in [-0.2, 0) is 9.47 Å². The van der Waals surface area contributed by atoms with Crippen molar-refractivity contribution in [3.8, 4) is 0 Å². The Morgan fingerprint density at radius 1 is 1.00 bits per heavy atom. The van der Waals surface area contributed by atoms with Crippen molar-refractivity contribution in [2.24, 2.45) is 5.41 Å². The minimum absolute atomic E-state index is 0.0342. The van der Waals surface area contributed by atoms with Crippen LogP contribution in [0.1, 0.15) is 27.7 Å². The van der Waals surface area contributed by atoms with Gasteiger partial charge in [0.15, 0.2) is 5.79 Å². The second-order valence-corrected chi connectivity index (χ2v) is 12.0. The van der Waals surface area contributed by atoms with Crippen LogP contribution in [-0.4, -0.2) is 93.4 Å². The van der Waals surface area contributed by atoms with Crippen LogP contribution in [0.2, 0.25) is 0 Å². The van der Waals surface area contributed by atoms with Gasteiger partial charge in [-0.25, -0.2) is 0 Å². The Kier molecular flexibility index (Phi) is 9.73. The second-order valence-electron chi connectivity index (χ2n) is 8.88. The van der Waals surface area contributed by atoms with Gasteiger partial charge in [0.2, 0.25) is 0 Å². The van der Waals surface area contributed by atoms with Gasteiger partial charge in [0.25, 0.3) is 0 Å². The van der Waals surface area contributed by atoms with E-state index in [4.69, 9.17) is 9.47 Å². The summed E-state index contributed by atoms with van der Waals surface area (Å²) in [4.78, 5) is 2.40. The maximum atomic E-state index is 6.64. The van der Waals surface area contributed by atoms with Gasteiger partial charge < -0.3 is 14.0 Å². The first kappa shape index (κ1) is 24.2. The third kappa shape index (κ3) is 6.90. The van der Waals surface area contributed by atoms with Crippen molar-refractivity contribution in [1.29, 1.82) is 0 Å². The summed E-state index contributed by atoms with van der Waals surface area (Å²) in [5.41, 5.74) is -0.0342. The van der Waals surface area contributed by atoms with Gasteiger partial charge in [-0.2, -0.15) is 0 Å². The molecule has 25 heavy (non-hydrogen) atoms. The van der Waals surface area contributed by atoms with Crippen molar-refractivity contribution in [3.63, 3.8) is 0 Å². The standard InChI is InChI=1S/C18H42N2O2P3/c1-17(2,3)18(4)21-15(10-19(5)12-23-7)16(22-18)11-20(6,13-24-8)14-25-9/h15-16,23-25H,10-14H2,1-9H3/q+1/t15-,16-,18?/m0/s1. The minimum Gasteiger partial charge on any atom is -0.342 e. The third-order valence-electron chi connectivity index (χ3n) is 5.15. The van der Waals surface area contributed by atoms with Gasteiger partial charge in [0.05, 0.1) is 19.6 Å². The molecule has 7 heteroatoms. The molecule has 0 aliphatic carbocycles. The van der Waals surface area contributed by atoms with Gasteiger partial charge in [0.1, 0.15) is 18.8 Å². The molecule has 0 amide bonds. The van der Waals surface area contributed by atoms with E-state index >= 15 is 0 Å². The van der Waals surface area contributed by atoms with Gasteiger partial charge in [-0.3, -0.25) is 4.90 Å². The van der Waals surface area contributed by atoms with Crippen LogP contribution >= 0.6 is 25.7 Å². The van der Waals surface area contributed by atoms with E-state index in [0.717, 1.165) is 49.6 Å². The Morgan fingerprint density at radius 2 is 1.52 bits per heavy atom. The Labute approximate surface area is 162 Å². The highest BCUT2D eigenvalue weighted by Gasteiger charge is 2.53. The van der Waals surface area contributed by atoms with E-state index in [1.807, 2.05) is 0 Å². The molecule has 0 aromatic heterocycles. The van der Waals surface area contributed by atoms with Crippen LogP contribution in [0, 0.1) is 5.41 Å². The van der Waals surface area contributed by atoms with Crippen LogP contribution in [0.5, 0.6) is 0 Å². The van der Waals surface area contributed by atoms with E-state index in [0.29, 0.717) is 0 Å². The van der Waals surface area contributed by atoms with E-state index in [1.165, 1.54) is 12.6 Å². The van der Waals surface area contributed by atoms with Crippen LogP contribution in [0.25, 0.3) is 0 Å². The van der Waals surface area contributed by atoms with Crippen molar-refractivity contribution >= 4 is 25.7 Å². The highest BCUT2D eigenvalue weighted by Crippen LogP contribution is 2.43. The smallest absolute Gasteiger partial charge is 0.171 e. The Balaban J connectivity index is 2.96. The fraction of sp³-hybridized carbons (Fsp3) is 1.00. The molecule has 0 N–H and O–H groups in total. The predicted molar refractivity (Wildman–Crippen MR) is 119 cm³/mol. The summed E-state index contributed by atoms with van der Waals surface area (Å²) in [6, 6.07) is 0. The predicted octanol–water partition coefficient (Wildman–Crippen LogP) is 3.71. The van der Waals surface area contributed by atoms with Crippen molar-refractivity contribution in [1.82, 2.24) is 4.90 Å². The van der Waals surface area contributed by atoms with Gasteiger partial charge in [-0.1, -0.05) is 37.9 Å². The lowest BCUT2D eigenvalue weighted by Gasteiger charge is -2.38. The first-order valence-electron chi connectivity index (χ1n) is 9.32. The Hall–Kier alpha value is 1.13. The average molecular weight is 411 g/mol. The lowest BCUT2D eigenvalue weighted by Crippen LogP contribution is -2.51. The summed E-state index contributed by atoms with van der Waals surface area (Å²) in [6.07, 6.45) is 3.95. The second kappa shape index (κ2) is 10.1. The molecule has 0 saturated carbocycles. The fourth-order valence-corrected chi connectivity index (χ4v) is 6.35. The van der Waals surface area contributed by atoms with E-state index in [-0.39, 0.29) is 17.6 Å². The molecule has 150 valence electrons. The highest BCUT2D eigenvalue weighted by atomic mass is 31.1. The summed E-state index contributed by atoms with van der Waals surface area (Å²) < 4.78 is 14.3. The van der Waals surface area contributed by atoms with Crippen molar-refractivity contribution in [3.05, 3.63) is 0 Å². The number of quaternary nitrogens is 1. The summed E-state index contributed by atoms with van der Waals surface area (Å²) in [5, 5.41) is 0. The zero-order chi connectivity index (χ0) is 19.3. The van der Waals surface area contributed by atoms with E-state index < -0.39 is 5.79 Å². The number of rotatable bonds is 10. The van der Waals surface area contributed by atoms with Gasteiger partial charge in [0, 0.05) is 18.2 Å². The molecule has 1 fully saturated rings. The molecule has 1 saturated heterocycles.